The molecule has 0 radical (unpaired) electrons. The zero-order chi connectivity index (χ0) is 17.8. The molecule has 0 bridgehead atoms. The molecule has 0 aliphatic heterocycles. The molecule has 25 heavy (non-hydrogen) atoms. The maximum absolute atomic E-state index is 12.2. The number of amides is 2. The first-order valence-electron chi connectivity index (χ1n) is 7.99. The van der Waals surface area contributed by atoms with Gasteiger partial charge in [-0.3, -0.25) is 9.59 Å². The Hall–Kier alpha value is -2.70. The SMILES string of the molecule is C[NH+](CC(=O)Nc1sccc1C(N)=O)Cc1ccc2ccccc2c1. The van der Waals surface area contributed by atoms with Crippen LogP contribution in [0.5, 0.6) is 0 Å². The quantitative estimate of drug-likeness (QED) is 0.630. The van der Waals surface area contributed by atoms with Crippen molar-refractivity contribution >= 4 is 38.9 Å². The molecule has 1 unspecified atom stereocenters. The predicted molar refractivity (Wildman–Crippen MR) is 101 cm³/mol. The largest absolute Gasteiger partial charge is 0.366 e. The smallest absolute Gasteiger partial charge is 0.280 e. The summed E-state index contributed by atoms with van der Waals surface area (Å²) in [7, 11) is 1.97. The zero-order valence-electron chi connectivity index (χ0n) is 13.9. The highest BCUT2D eigenvalue weighted by atomic mass is 32.1. The van der Waals surface area contributed by atoms with Crippen molar-refractivity contribution < 1.29 is 14.5 Å². The van der Waals surface area contributed by atoms with Crippen LogP contribution >= 0.6 is 11.3 Å². The summed E-state index contributed by atoms with van der Waals surface area (Å²) in [6, 6.07) is 16.2. The number of anilines is 1. The van der Waals surface area contributed by atoms with E-state index in [-0.39, 0.29) is 5.91 Å². The Kier molecular flexibility index (Phi) is 5.11. The van der Waals surface area contributed by atoms with Crippen LogP contribution in [-0.2, 0) is 11.3 Å². The summed E-state index contributed by atoms with van der Waals surface area (Å²) >= 11 is 1.30. The zero-order valence-corrected chi connectivity index (χ0v) is 14.7. The van der Waals surface area contributed by atoms with E-state index < -0.39 is 5.91 Å². The van der Waals surface area contributed by atoms with E-state index in [1.54, 1.807) is 11.4 Å². The predicted octanol–water partition coefficient (Wildman–Crippen LogP) is 1.65. The van der Waals surface area contributed by atoms with Crippen LogP contribution in [0, 0.1) is 0 Å². The second-order valence-corrected chi connectivity index (χ2v) is 6.98. The fraction of sp³-hybridized carbons (Fsp3) is 0.158. The molecule has 128 valence electrons. The molecule has 1 atom stereocenters. The van der Waals surface area contributed by atoms with Crippen LogP contribution in [0.4, 0.5) is 5.00 Å². The van der Waals surface area contributed by atoms with Crippen LogP contribution < -0.4 is 16.0 Å². The lowest BCUT2D eigenvalue weighted by Gasteiger charge is -2.14. The van der Waals surface area contributed by atoms with Crippen LogP contribution in [0.15, 0.2) is 53.9 Å². The molecule has 0 spiro atoms. The fourth-order valence-electron chi connectivity index (χ4n) is 2.80. The van der Waals surface area contributed by atoms with E-state index in [1.165, 1.54) is 27.7 Å². The number of rotatable bonds is 6. The summed E-state index contributed by atoms with van der Waals surface area (Å²) in [6.07, 6.45) is 0. The molecule has 3 aromatic rings. The lowest BCUT2D eigenvalue weighted by molar-refractivity contribution is -0.885. The van der Waals surface area contributed by atoms with Crippen molar-refractivity contribution in [3.8, 4) is 0 Å². The molecule has 4 N–H and O–H groups in total. The van der Waals surface area contributed by atoms with Gasteiger partial charge < -0.3 is 16.0 Å². The Morgan fingerprint density at radius 1 is 1.12 bits per heavy atom. The molecule has 5 nitrogen and oxygen atoms in total. The third kappa shape index (κ3) is 4.23. The van der Waals surface area contributed by atoms with Crippen molar-refractivity contribution in [2.75, 3.05) is 18.9 Å². The van der Waals surface area contributed by atoms with Gasteiger partial charge in [0.2, 0.25) is 0 Å². The van der Waals surface area contributed by atoms with Gasteiger partial charge in [0, 0.05) is 5.56 Å². The molecular weight excluding hydrogens is 334 g/mol. The van der Waals surface area contributed by atoms with Crippen molar-refractivity contribution in [1.29, 1.82) is 0 Å². The Bertz CT molecular complexity index is 920. The van der Waals surface area contributed by atoms with E-state index in [0.29, 0.717) is 17.1 Å². The first-order valence-corrected chi connectivity index (χ1v) is 8.87. The maximum atomic E-state index is 12.2. The van der Waals surface area contributed by atoms with Crippen LogP contribution in [0.2, 0.25) is 0 Å². The lowest BCUT2D eigenvalue weighted by atomic mass is 10.1. The molecule has 3 rings (SSSR count). The number of quaternary nitrogens is 1. The first-order chi connectivity index (χ1) is 12.0. The van der Waals surface area contributed by atoms with Gasteiger partial charge in [0.1, 0.15) is 11.5 Å². The van der Waals surface area contributed by atoms with Crippen molar-refractivity contribution in [3.05, 3.63) is 65.0 Å². The average molecular weight is 354 g/mol. The number of hydrogen-bond donors (Lipinski definition) is 3. The second-order valence-electron chi connectivity index (χ2n) is 6.07. The van der Waals surface area contributed by atoms with E-state index in [2.05, 4.69) is 35.6 Å². The number of carbonyl (C=O) groups is 2. The van der Waals surface area contributed by atoms with Crippen LogP contribution in [0.25, 0.3) is 10.8 Å². The highest BCUT2D eigenvalue weighted by Crippen LogP contribution is 2.22. The van der Waals surface area contributed by atoms with Crippen molar-refractivity contribution in [2.45, 2.75) is 6.54 Å². The molecule has 6 heteroatoms. The van der Waals surface area contributed by atoms with Gasteiger partial charge in [0.25, 0.3) is 11.8 Å². The van der Waals surface area contributed by atoms with E-state index in [1.807, 2.05) is 19.2 Å². The highest BCUT2D eigenvalue weighted by Gasteiger charge is 2.15. The van der Waals surface area contributed by atoms with Crippen molar-refractivity contribution in [1.82, 2.24) is 0 Å². The standard InChI is InChI=1S/C19H19N3O2S/c1-22(11-13-6-7-14-4-2-3-5-15(14)10-13)12-17(23)21-19-16(18(20)24)8-9-25-19/h2-10H,11-12H2,1H3,(H2,20,24)(H,21,23)/p+1. The van der Waals surface area contributed by atoms with Crippen LogP contribution in [0.3, 0.4) is 0 Å². The fourth-order valence-corrected chi connectivity index (χ4v) is 3.61. The number of fused-ring (bicyclic) bond motifs is 1. The van der Waals surface area contributed by atoms with E-state index in [9.17, 15) is 9.59 Å². The summed E-state index contributed by atoms with van der Waals surface area (Å²) in [5.74, 6) is -0.670. The van der Waals surface area contributed by atoms with E-state index in [0.717, 1.165) is 11.4 Å². The van der Waals surface area contributed by atoms with Gasteiger partial charge in [-0.2, -0.15) is 0 Å². The molecular formula is C19H20N3O2S+. The topological polar surface area (TPSA) is 76.6 Å². The minimum absolute atomic E-state index is 0.136. The number of nitrogens with two attached hydrogens (primary N) is 1. The number of nitrogens with one attached hydrogen (secondary N) is 2. The molecule has 0 fully saturated rings. The van der Waals surface area contributed by atoms with Gasteiger partial charge in [-0.25, -0.2) is 0 Å². The molecule has 2 aromatic carbocycles. The number of hydrogen-bond acceptors (Lipinski definition) is 3. The summed E-state index contributed by atoms with van der Waals surface area (Å²) < 4.78 is 0. The average Bonchev–Trinajstić information content (AvgIpc) is 3.02. The van der Waals surface area contributed by atoms with Gasteiger partial charge in [-0.1, -0.05) is 36.4 Å². The van der Waals surface area contributed by atoms with Crippen LogP contribution in [0.1, 0.15) is 15.9 Å². The molecule has 2 amide bonds. The Labute approximate surface area is 150 Å². The number of benzene rings is 2. The second kappa shape index (κ2) is 7.46. The molecule has 0 aliphatic rings. The molecule has 1 aromatic heterocycles. The Morgan fingerprint density at radius 2 is 1.88 bits per heavy atom. The normalized spacial score (nSPS) is 12.0. The van der Waals surface area contributed by atoms with Crippen molar-refractivity contribution in [2.24, 2.45) is 5.73 Å². The molecule has 1 heterocycles. The monoisotopic (exact) mass is 354 g/mol. The Morgan fingerprint density at radius 3 is 2.64 bits per heavy atom. The van der Waals surface area contributed by atoms with Gasteiger partial charge in [0.15, 0.2) is 6.54 Å². The summed E-state index contributed by atoms with van der Waals surface area (Å²) in [5, 5.41) is 7.43. The maximum Gasteiger partial charge on any atom is 0.280 e. The van der Waals surface area contributed by atoms with E-state index in [4.69, 9.17) is 5.73 Å². The van der Waals surface area contributed by atoms with Gasteiger partial charge in [-0.05, 0) is 28.3 Å². The lowest BCUT2D eigenvalue weighted by Crippen LogP contribution is -3.08. The molecule has 0 saturated heterocycles. The van der Waals surface area contributed by atoms with Gasteiger partial charge in [0.05, 0.1) is 12.6 Å². The number of thiophene rings is 1. The minimum atomic E-state index is -0.534. The Balaban J connectivity index is 1.61. The summed E-state index contributed by atoms with van der Waals surface area (Å²) in [6.45, 7) is 1.05. The number of likely N-dealkylation sites (N-methyl/N-ethyl adjacent to an activating group) is 1. The van der Waals surface area contributed by atoms with Crippen LogP contribution in [-0.4, -0.2) is 25.4 Å². The third-order valence-corrected chi connectivity index (χ3v) is 4.80. The van der Waals surface area contributed by atoms with E-state index >= 15 is 0 Å². The minimum Gasteiger partial charge on any atom is -0.366 e. The molecule has 0 saturated carbocycles. The summed E-state index contributed by atoms with van der Waals surface area (Å²) in [4.78, 5) is 24.6. The molecule has 0 aliphatic carbocycles. The number of carbonyl (C=O) groups excluding carboxylic acids is 2. The third-order valence-electron chi connectivity index (χ3n) is 3.97. The van der Waals surface area contributed by atoms with Gasteiger partial charge >= 0.3 is 0 Å². The summed E-state index contributed by atoms with van der Waals surface area (Å²) in [5.41, 5.74) is 6.83. The van der Waals surface area contributed by atoms with Crippen molar-refractivity contribution in [3.63, 3.8) is 0 Å². The highest BCUT2D eigenvalue weighted by molar-refractivity contribution is 7.14. The first kappa shape index (κ1) is 17.1. The van der Waals surface area contributed by atoms with Gasteiger partial charge in [-0.15, -0.1) is 11.3 Å². The number of primary amides is 1.